The zero-order chi connectivity index (χ0) is 21.8. The van der Waals surface area contributed by atoms with Gasteiger partial charge in [0.2, 0.25) is 5.91 Å². The van der Waals surface area contributed by atoms with Crippen molar-refractivity contribution in [3.05, 3.63) is 65.4 Å². The van der Waals surface area contributed by atoms with Crippen LogP contribution in [0.5, 0.6) is 0 Å². The average molecular weight is 419 g/mol. The Kier molecular flexibility index (Phi) is 6.06. The van der Waals surface area contributed by atoms with Gasteiger partial charge in [0.1, 0.15) is 5.69 Å². The third kappa shape index (κ3) is 4.96. The largest absolute Gasteiger partial charge is 0.352 e. The highest BCUT2D eigenvalue weighted by Gasteiger charge is 2.28. The minimum absolute atomic E-state index is 0.0423. The molecule has 8 nitrogen and oxygen atoms in total. The lowest BCUT2D eigenvalue weighted by Gasteiger charge is -2.31. The maximum atomic E-state index is 12.8. The Bertz CT molecular complexity index is 1050. The van der Waals surface area contributed by atoms with E-state index in [1.54, 1.807) is 23.4 Å². The second kappa shape index (κ2) is 9.07. The molecule has 0 unspecified atom stereocenters. The van der Waals surface area contributed by atoms with Crippen molar-refractivity contribution in [1.29, 1.82) is 0 Å². The van der Waals surface area contributed by atoms with Crippen molar-refractivity contribution in [2.45, 2.75) is 33.2 Å². The number of rotatable bonds is 5. The Morgan fingerprint density at radius 3 is 2.45 bits per heavy atom. The van der Waals surface area contributed by atoms with E-state index >= 15 is 0 Å². The lowest BCUT2D eigenvalue weighted by Crippen LogP contribution is -2.43. The highest BCUT2D eigenvalue weighted by Crippen LogP contribution is 2.21. The van der Waals surface area contributed by atoms with Gasteiger partial charge < -0.3 is 10.2 Å². The molecule has 3 aromatic rings. The molecular formula is C23H26N6O2. The molecule has 0 bridgehead atoms. The molecule has 0 atom stereocenters. The molecular weight excluding hydrogens is 392 g/mol. The van der Waals surface area contributed by atoms with Gasteiger partial charge >= 0.3 is 0 Å². The van der Waals surface area contributed by atoms with E-state index in [9.17, 15) is 9.59 Å². The molecule has 4 heterocycles. The highest BCUT2D eigenvalue weighted by molar-refractivity contribution is 5.93. The average Bonchev–Trinajstić information content (AvgIpc) is 3.27. The van der Waals surface area contributed by atoms with Crippen molar-refractivity contribution in [2.24, 2.45) is 5.92 Å². The van der Waals surface area contributed by atoms with E-state index in [0.29, 0.717) is 43.9 Å². The van der Waals surface area contributed by atoms with Crippen LogP contribution in [0.2, 0.25) is 0 Å². The zero-order valence-electron chi connectivity index (χ0n) is 17.8. The van der Waals surface area contributed by atoms with E-state index in [0.717, 1.165) is 22.5 Å². The summed E-state index contributed by atoms with van der Waals surface area (Å²) in [4.78, 5) is 35.6. The van der Waals surface area contributed by atoms with Crippen LogP contribution in [0.15, 0.2) is 42.7 Å². The molecule has 160 valence electrons. The molecule has 0 radical (unpaired) electrons. The number of amides is 2. The SMILES string of the molecule is Cc1cc(CNC(=O)C2CCN(C(=O)c3cc(-c4ccncc4)n[nH]3)CC2)cc(C)n1. The Morgan fingerprint density at radius 2 is 1.77 bits per heavy atom. The van der Waals surface area contributed by atoms with Gasteiger partial charge in [0.25, 0.3) is 5.91 Å². The zero-order valence-corrected chi connectivity index (χ0v) is 17.8. The quantitative estimate of drug-likeness (QED) is 0.663. The Hall–Kier alpha value is -3.55. The number of aryl methyl sites for hydroxylation is 2. The summed E-state index contributed by atoms with van der Waals surface area (Å²) in [5, 5.41) is 10.1. The number of carbonyl (C=O) groups is 2. The summed E-state index contributed by atoms with van der Waals surface area (Å²) in [6, 6.07) is 9.43. The third-order valence-corrected chi connectivity index (χ3v) is 5.55. The summed E-state index contributed by atoms with van der Waals surface area (Å²) < 4.78 is 0. The van der Waals surface area contributed by atoms with Crippen LogP contribution in [-0.4, -0.2) is 50.0 Å². The first-order valence-electron chi connectivity index (χ1n) is 10.5. The topological polar surface area (TPSA) is 104 Å². The third-order valence-electron chi connectivity index (χ3n) is 5.55. The van der Waals surface area contributed by atoms with Crippen molar-refractivity contribution in [3.63, 3.8) is 0 Å². The number of hydrogen-bond donors (Lipinski definition) is 2. The predicted octanol–water partition coefficient (Wildman–Crippen LogP) is 2.65. The minimum atomic E-state index is -0.0885. The maximum Gasteiger partial charge on any atom is 0.271 e. The van der Waals surface area contributed by atoms with Gasteiger partial charge in [-0.05, 0) is 62.6 Å². The van der Waals surface area contributed by atoms with E-state index < -0.39 is 0 Å². The summed E-state index contributed by atoms with van der Waals surface area (Å²) in [5.41, 5.74) is 5.01. The number of aromatic amines is 1. The molecule has 1 saturated heterocycles. The van der Waals surface area contributed by atoms with Gasteiger partial charge in [-0.2, -0.15) is 5.10 Å². The number of nitrogens with one attached hydrogen (secondary N) is 2. The predicted molar refractivity (Wildman–Crippen MR) is 116 cm³/mol. The van der Waals surface area contributed by atoms with E-state index in [1.165, 1.54) is 0 Å². The van der Waals surface area contributed by atoms with Crippen molar-refractivity contribution in [3.8, 4) is 11.3 Å². The van der Waals surface area contributed by atoms with Crippen LogP contribution in [0.4, 0.5) is 0 Å². The lowest BCUT2D eigenvalue weighted by molar-refractivity contribution is -0.126. The second-order valence-electron chi connectivity index (χ2n) is 7.95. The number of aromatic nitrogens is 4. The molecule has 4 rings (SSSR count). The fourth-order valence-corrected chi connectivity index (χ4v) is 3.97. The first kappa shape index (κ1) is 20.7. The molecule has 0 aromatic carbocycles. The van der Waals surface area contributed by atoms with Crippen LogP contribution in [0.25, 0.3) is 11.3 Å². The van der Waals surface area contributed by atoms with Crippen molar-refractivity contribution in [2.75, 3.05) is 13.1 Å². The molecule has 2 N–H and O–H groups in total. The molecule has 3 aromatic heterocycles. The fraction of sp³-hybridized carbons (Fsp3) is 0.348. The van der Waals surface area contributed by atoms with Gasteiger partial charge in [0.15, 0.2) is 0 Å². The lowest BCUT2D eigenvalue weighted by atomic mass is 9.95. The number of pyridine rings is 2. The Morgan fingerprint density at radius 1 is 1.10 bits per heavy atom. The van der Waals surface area contributed by atoms with E-state index in [-0.39, 0.29) is 17.7 Å². The summed E-state index contributed by atoms with van der Waals surface area (Å²) in [6.45, 7) is 5.49. The standard InChI is InChI=1S/C23H26N6O2/c1-15-11-17(12-16(2)26-15)14-25-22(30)19-5-9-29(10-6-19)23(31)21-13-20(27-28-21)18-3-7-24-8-4-18/h3-4,7-8,11-13,19H,5-6,9-10,14H2,1-2H3,(H,25,30)(H,27,28). The van der Waals surface area contributed by atoms with E-state index in [4.69, 9.17) is 0 Å². The molecule has 1 fully saturated rings. The number of likely N-dealkylation sites (tertiary alicyclic amines) is 1. The van der Waals surface area contributed by atoms with Gasteiger partial charge in [-0.15, -0.1) is 0 Å². The number of nitrogens with zero attached hydrogens (tertiary/aromatic N) is 4. The Labute approximate surface area is 181 Å². The molecule has 1 aliphatic rings. The van der Waals surface area contributed by atoms with Crippen LogP contribution in [0.1, 0.15) is 40.3 Å². The smallest absolute Gasteiger partial charge is 0.271 e. The molecule has 31 heavy (non-hydrogen) atoms. The molecule has 1 aliphatic heterocycles. The summed E-state index contributed by atoms with van der Waals surface area (Å²) in [5.74, 6) is -0.127. The number of piperidine rings is 1. The van der Waals surface area contributed by atoms with Crippen molar-refractivity contribution >= 4 is 11.8 Å². The maximum absolute atomic E-state index is 12.8. The summed E-state index contributed by atoms with van der Waals surface area (Å²) in [6.07, 6.45) is 4.69. The monoisotopic (exact) mass is 418 g/mol. The fourth-order valence-electron chi connectivity index (χ4n) is 3.97. The van der Waals surface area contributed by atoms with E-state index in [1.807, 2.05) is 38.1 Å². The molecule has 2 amide bonds. The first-order valence-corrected chi connectivity index (χ1v) is 10.5. The summed E-state index contributed by atoms with van der Waals surface area (Å²) >= 11 is 0. The highest BCUT2D eigenvalue weighted by atomic mass is 16.2. The van der Waals surface area contributed by atoms with Gasteiger partial charge in [-0.3, -0.25) is 24.7 Å². The molecule has 8 heteroatoms. The molecule has 0 saturated carbocycles. The van der Waals surface area contributed by atoms with Crippen LogP contribution < -0.4 is 5.32 Å². The van der Waals surface area contributed by atoms with Gasteiger partial charge in [0, 0.05) is 54.9 Å². The van der Waals surface area contributed by atoms with Gasteiger partial charge in [-0.25, -0.2) is 0 Å². The van der Waals surface area contributed by atoms with Crippen molar-refractivity contribution in [1.82, 2.24) is 30.4 Å². The van der Waals surface area contributed by atoms with Gasteiger partial charge in [-0.1, -0.05) is 0 Å². The Balaban J connectivity index is 1.29. The minimum Gasteiger partial charge on any atom is -0.352 e. The number of hydrogen-bond acceptors (Lipinski definition) is 5. The molecule has 0 aliphatic carbocycles. The summed E-state index contributed by atoms with van der Waals surface area (Å²) in [7, 11) is 0. The first-order chi connectivity index (χ1) is 15.0. The van der Waals surface area contributed by atoms with Crippen LogP contribution >= 0.6 is 0 Å². The van der Waals surface area contributed by atoms with E-state index in [2.05, 4.69) is 25.5 Å². The van der Waals surface area contributed by atoms with Crippen molar-refractivity contribution < 1.29 is 9.59 Å². The number of H-pyrrole nitrogens is 1. The van der Waals surface area contributed by atoms with Crippen LogP contribution in [0, 0.1) is 19.8 Å². The number of carbonyl (C=O) groups excluding carboxylic acids is 2. The normalized spacial score (nSPS) is 14.5. The van der Waals surface area contributed by atoms with Gasteiger partial charge in [0.05, 0.1) is 5.69 Å². The van der Waals surface area contributed by atoms with Crippen LogP contribution in [0.3, 0.4) is 0 Å². The van der Waals surface area contributed by atoms with Crippen LogP contribution in [-0.2, 0) is 11.3 Å². The second-order valence-corrected chi connectivity index (χ2v) is 7.95. The molecule has 0 spiro atoms.